The number of nitrogens with two attached hydrogens (primary N) is 1. The van der Waals surface area contributed by atoms with Crippen LogP contribution in [0.15, 0.2) is 29.6 Å². The van der Waals surface area contributed by atoms with Crippen LogP contribution in [0.1, 0.15) is 27.0 Å². The fourth-order valence-electron chi connectivity index (χ4n) is 2.07. The molecule has 4 N–H and O–H groups in total. The topological polar surface area (TPSA) is 106 Å². The van der Waals surface area contributed by atoms with Crippen molar-refractivity contribution in [1.82, 2.24) is 9.78 Å². The van der Waals surface area contributed by atoms with Crippen LogP contribution in [0.25, 0.3) is 0 Å². The lowest BCUT2D eigenvalue weighted by molar-refractivity contribution is 0.102. The zero-order valence-electron chi connectivity index (χ0n) is 12.1. The van der Waals surface area contributed by atoms with Crippen molar-refractivity contribution in [1.29, 1.82) is 0 Å². The van der Waals surface area contributed by atoms with Crippen LogP contribution in [0.3, 0.4) is 0 Å². The number of oxime groups is 1. The van der Waals surface area contributed by atoms with Gasteiger partial charge in [0.05, 0.1) is 11.8 Å². The molecule has 0 aliphatic carbocycles. The summed E-state index contributed by atoms with van der Waals surface area (Å²) in [5, 5.41) is 18.4. The monoisotopic (exact) mass is 287 g/mol. The summed E-state index contributed by atoms with van der Waals surface area (Å²) in [6.07, 6.45) is 1.42. The van der Waals surface area contributed by atoms with Crippen LogP contribution in [0.4, 0.5) is 5.82 Å². The molecule has 0 aliphatic rings. The molecular weight excluding hydrogens is 270 g/mol. The van der Waals surface area contributed by atoms with E-state index < -0.39 is 0 Å². The molecule has 0 saturated carbocycles. The molecule has 0 aliphatic heterocycles. The van der Waals surface area contributed by atoms with Gasteiger partial charge in [-0.3, -0.25) is 9.48 Å². The summed E-state index contributed by atoms with van der Waals surface area (Å²) < 4.78 is 1.45. The zero-order chi connectivity index (χ0) is 15.6. The zero-order valence-corrected chi connectivity index (χ0v) is 12.1. The number of carbonyl (C=O) groups is 1. The SMILES string of the molecule is Cc1ccc(C(=O)Nc2c(C(N)=NO)cnn2C)c(C)c1. The summed E-state index contributed by atoms with van der Waals surface area (Å²) in [5.41, 5.74) is 8.45. The molecule has 110 valence electrons. The number of hydrogen-bond acceptors (Lipinski definition) is 4. The number of amides is 1. The third-order valence-electron chi connectivity index (χ3n) is 3.18. The van der Waals surface area contributed by atoms with Crippen LogP contribution in [0.5, 0.6) is 0 Å². The molecule has 0 saturated heterocycles. The fourth-order valence-corrected chi connectivity index (χ4v) is 2.07. The van der Waals surface area contributed by atoms with E-state index in [4.69, 9.17) is 10.9 Å². The van der Waals surface area contributed by atoms with Crippen molar-refractivity contribution in [2.24, 2.45) is 17.9 Å². The summed E-state index contributed by atoms with van der Waals surface area (Å²) in [6, 6.07) is 5.57. The first-order chi connectivity index (χ1) is 9.93. The Morgan fingerprint density at radius 2 is 2.10 bits per heavy atom. The smallest absolute Gasteiger partial charge is 0.257 e. The average Bonchev–Trinajstić information content (AvgIpc) is 2.79. The largest absolute Gasteiger partial charge is 0.409 e. The summed E-state index contributed by atoms with van der Waals surface area (Å²) in [5.74, 6) is -0.0163. The lowest BCUT2D eigenvalue weighted by atomic mass is 10.1. The number of benzene rings is 1. The highest BCUT2D eigenvalue weighted by molar-refractivity contribution is 6.09. The Balaban J connectivity index is 2.34. The highest BCUT2D eigenvalue weighted by atomic mass is 16.4. The Hall–Kier alpha value is -2.83. The van der Waals surface area contributed by atoms with E-state index in [-0.39, 0.29) is 11.7 Å². The number of amidine groups is 1. The second-order valence-electron chi connectivity index (χ2n) is 4.79. The van der Waals surface area contributed by atoms with Gasteiger partial charge >= 0.3 is 0 Å². The average molecular weight is 287 g/mol. The summed E-state index contributed by atoms with van der Waals surface area (Å²) in [6.45, 7) is 3.84. The van der Waals surface area contributed by atoms with E-state index in [1.165, 1.54) is 10.9 Å². The first kappa shape index (κ1) is 14.6. The molecule has 0 radical (unpaired) electrons. The number of hydrogen-bond donors (Lipinski definition) is 3. The Labute approximate surface area is 122 Å². The minimum atomic E-state index is -0.275. The molecule has 7 nitrogen and oxygen atoms in total. The Morgan fingerprint density at radius 3 is 2.71 bits per heavy atom. The number of rotatable bonds is 3. The minimum Gasteiger partial charge on any atom is -0.409 e. The highest BCUT2D eigenvalue weighted by Gasteiger charge is 2.17. The number of nitrogens with one attached hydrogen (secondary N) is 1. The van der Waals surface area contributed by atoms with Crippen LogP contribution < -0.4 is 11.1 Å². The normalized spacial score (nSPS) is 11.5. The highest BCUT2D eigenvalue weighted by Crippen LogP contribution is 2.17. The Bertz CT molecular complexity index is 718. The third-order valence-corrected chi connectivity index (χ3v) is 3.18. The van der Waals surface area contributed by atoms with E-state index in [0.29, 0.717) is 16.9 Å². The van der Waals surface area contributed by atoms with Gasteiger partial charge in [-0.15, -0.1) is 0 Å². The molecule has 0 spiro atoms. The Kier molecular flexibility index (Phi) is 3.93. The van der Waals surface area contributed by atoms with E-state index in [9.17, 15) is 4.79 Å². The van der Waals surface area contributed by atoms with Crippen molar-refractivity contribution in [3.8, 4) is 0 Å². The molecule has 1 aromatic carbocycles. The third kappa shape index (κ3) is 2.86. The number of nitrogens with zero attached hydrogens (tertiary/aromatic N) is 3. The maximum atomic E-state index is 12.4. The van der Waals surface area contributed by atoms with Crippen molar-refractivity contribution >= 4 is 17.6 Å². The summed E-state index contributed by atoms with van der Waals surface area (Å²) in [4.78, 5) is 12.4. The molecule has 0 unspecified atom stereocenters. The Morgan fingerprint density at radius 1 is 1.38 bits per heavy atom. The molecule has 0 fully saturated rings. The predicted octanol–water partition coefficient (Wildman–Crippen LogP) is 1.38. The van der Waals surface area contributed by atoms with Gasteiger partial charge in [-0.1, -0.05) is 22.9 Å². The van der Waals surface area contributed by atoms with Crippen molar-refractivity contribution in [3.63, 3.8) is 0 Å². The molecule has 1 aromatic heterocycles. The number of aryl methyl sites for hydroxylation is 3. The van der Waals surface area contributed by atoms with Gasteiger partial charge in [0.2, 0.25) is 0 Å². The van der Waals surface area contributed by atoms with E-state index in [1.54, 1.807) is 13.1 Å². The van der Waals surface area contributed by atoms with E-state index in [2.05, 4.69) is 15.6 Å². The van der Waals surface area contributed by atoms with Gasteiger partial charge in [0, 0.05) is 12.6 Å². The molecular formula is C14H17N5O2. The second kappa shape index (κ2) is 5.66. The van der Waals surface area contributed by atoms with Crippen LogP contribution in [0, 0.1) is 13.8 Å². The molecule has 1 heterocycles. The van der Waals surface area contributed by atoms with Crippen LogP contribution in [0.2, 0.25) is 0 Å². The van der Waals surface area contributed by atoms with Gasteiger partial charge in [0.15, 0.2) is 5.84 Å². The first-order valence-corrected chi connectivity index (χ1v) is 6.32. The summed E-state index contributed by atoms with van der Waals surface area (Å²) in [7, 11) is 1.66. The molecule has 21 heavy (non-hydrogen) atoms. The molecule has 1 amide bonds. The first-order valence-electron chi connectivity index (χ1n) is 6.32. The molecule has 7 heteroatoms. The van der Waals surface area contributed by atoms with Gasteiger partial charge in [-0.2, -0.15) is 5.10 Å². The predicted molar refractivity (Wildman–Crippen MR) is 79.6 cm³/mol. The molecule has 0 bridgehead atoms. The maximum Gasteiger partial charge on any atom is 0.257 e. The van der Waals surface area contributed by atoms with Crippen LogP contribution in [-0.4, -0.2) is 26.7 Å². The summed E-state index contributed by atoms with van der Waals surface area (Å²) >= 11 is 0. The number of anilines is 1. The minimum absolute atomic E-state index is 0.112. The van der Waals surface area contributed by atoms with Gasteiger partial charge in [0.1, 0.15) is 5.82 Å². The number of carbonyl (C=O) groups excluding carboxylic acids is 1. The van der Waals surface area contributed by atoms with Crippen molar-refractivity contribution in [3.05, 3.63) is 46.6 Å². The molecule has 0 atom stereocenters. The van der Waals surface area contributed by atoms with Crippen molar-refractivity contribution in [2.45, 2.75) is 13.8 Å². The lowest BCUT2D eigenvalue weighted by Gasteiger charge is -2.10. The molecule has 2 aromatic rings. The van der Waals surface area contributed by atoms with Gasteiger partial charge in [-0.25, -0.2) is 0 Å². The van der Waals surface area contributed by atoms with Gasteiger partial charge < -0.3 is 16.3 Å². The second-order valence-corrected chi connectivity index (χ2v) is 4.79. The van der Waals surface area contributed by atoms with Gasteiger partial charge in [-0.05, 0) is 25.5 Å². The van der Waals surface area contributed by atoms with Gasteiger partial charge in [0.25, 0.3) is 5.91 Å². The quantitative estimate of drug-likeness (QED) is 0.343. The van der Waals surface area contributed by atoms with Crippen LogP contribution >= 0.6 is 0 Å². The standard InChI is InChI=1S/C14H17N5O2/c1-8-4-5-10(9(2)6-8)14(20)17-13-11(12(15)18-21)7-16-19(13)3/h4-7,21H,1-3H3,(H2,15,18)(H,17,20). The van der Waals surface area contributed by atoms with E-state index >= 15 is 0 Å². The lowest BCUT2D eigenvalue weighted by Crippen LogP contribution is -2.20. The molecule has 2 rings (SSSR count). The number of aromatic nitrogens is 2. The fraction of sp³-hybridized carbons (Fsp3) is 0.214. The van der Waals surface area contributed by atoms with Crippen molar-refractivity contribution < 1.29 is 10.0 Å². The maximum absolute atomic E-state index is 12.4. The van der Waals surface area contributed by atoms with E-state index in [1.807, 2.05) is 26.0 Å². The van der Waals surface area contributed by atoms with E-state index in [0.717, 1.165) is 11.1 Å². The van der Waals surface area contributed by atoms with Crippen molar-refractivity contribution in [2.75, 3.05) is 5.32 Å². The van der Waals surface area contributed by atoms with Crippen LogP contribution in [-0.2, 0) is 7.05 Å².